The number of nitrogens with one attached hydrogen (secondary N) is 1. The summed E-state index contributed by atoms with van der Waals surface area (Å²) in [6, 6.07) is 8.31. The van der Waals surface area contributed by atoms with Crippen LogP contribution >= 0.6 is 11.6 Å². The van der Waals surface area contributed by atoms with E-state index in [1.165, 1.54) is 5.56 Å². The van der Waals surface area contributed by atoms with E-state index in [0.717, 1.165) is 17.1 Å². The molecule has 1 heterocycles. The number of rotatable bonds is 3. The van der Waals surface area contributed by atoms with Crippen LogP contribution in [-0.2, 0) is 6.54 Å². The number of H-pyrrole nitrogens is 1. The van der Waals surface area contributed by atoms with Crippen molar-refractivity contribution >= 4 is 11.6 Å². The molecule has 0 amide bonds. The predicted molar refractivity (Wildman–Crippen MR) is 71.0 cm³/mol. The number of halogens is 1. The molecule has 3 nitrogen and oxygen atoms in total. The molecule has 0 spiro atoms. The molecule has 0 saturated heterocycles. The molecule has 1 aromatic carbocycles. The molecule has 17 heavy (non-hydrogen) atoms. The number of nitrogens with zero attached hydrogens (tertiary/aromatic N) is 1. The van der Waals surface area contributed by atoms with Crippen molar-refractivity contribution in [3.8, 4) is 11.4 Å². The van der Waals surface area contributed by atoms with Crippen molar-refractivity contribution in [3.05, 3.63) is 40.7 Å². The van der Waals surface area contributed by atoms with E-state index >= 15 is 0 Å². The average molecular weight is 250 g/mol. The summed E-state index contributed by atoms with van der Waals surface area (Å²) >= 11 is 5.95. The van der Waals surface area contributed by atoms with Crippen molar-refractivity contribution in [1.82, 2.24) is 9.97 Å². The van der Waals surface area contributed by atoms with Gasteiger partial charge in [-0.1, -0.05) is 49.7 Å². The second-order valence-corrected chi connectivity index (χ2v) is 4.69. The minimum Gasteiger partial charge on any atom is -0.339 e. The van der Waals surface area contributed by atoms with Crippen LogP contribution in [0.4, 0.5) is 0 Å². The van der Waals surface area contributed by atoms with E-state index in [9.17, 15) is 0 Å². The third-order valence-corrected chi connectivity index (χ3v) is 3.10. The molecule has 0 bridgehead atoms. The second-order valence-electron chi connectivity index (χ2n) is 4.34. The molecule has 2 aromatic rings. The quantitative estimate of drug-likeness (QED) is 0.877. The Morgan fingerprint density at radius 2 is 1.94 bits per heavy atom. The van der Waals surface area contributed by atoms with E-state index in [1.807, 2.05) is 12.1 Å². The van der Waals surface area contributed by atoms with Gasteiger partial charge in [0.25, 0.3) is 0 Å². The SMILES string of the molecule is CC(C)c1ccc(-c2nc(Cl)c(CN)[nH]2)cc1. The summed E-state index contributed by atoms with van der Waals surface area (Å²) in [7, 11) is 0. The molecular weight excluding hydrogens is 234 g/mol. The van der Waals surface area contributed by atoms with Gasteiger partial charge < -0.3 is 10.7 Å². The van der Waals surface area contributed by atoms with Crippen molar-refractivity contribution in [1.29, 1.82) is 0 Å². The van der Waals surface area contributed by atoms with Crippen molar-refractivity contribution < 1.29 is 0 Å². The molecule has 4 heteroatoms. The van der Waals surface area contributed by atoms with Gasteiger partial charge in [0, 0.05) is 12.1 Å². The van der Waals surface area contributed by atoms with Crippen molar-refractivity contribution in [2.75, 3.05) is 0 Å². The topological polar surface area (TPSA) is 54.7 Å². The fourth-order valence-electron chi connectivity index (χ4n) is 1.69. The molecule has 0 atom stereocenters. The average Bonchev–Trinajstić information content (AvgIpc) is 2.70. The highest BCUT2D eigenvalue weighted by Crippen LogP contribution is 2.23. The van der Waals surface area contributed by atoms with Gasteiger partial charge in [-0.3, -0.25) is 0 Å². The summed E-state index contributed by atoms with van der Waals surface area (Å²) in [5, 5.41) is 0.454. The molecule has 0 aliphatic heterocycles. The van der Waals surface area contributed by atoms with Gasteiger partial charge in [0.2, 0.25) is 0 Å². The Kier molecular flexibility index (Phi) is 3.50. The fourth-order valence-corrected chi connectivity index (χ4v) is 1.89. The Morgan fingerprint density at radius 3 is 2.41 bits per heavy atom. The number of hydrogen-bond acceptors (Lipinski definition) is 2. The molecule has 0 unspecified atom stereocenters. The maximum atomic E-state index is 5.95. The highest BCUT2D eigenvalue weighted by Gasteiger charge is 2.08. The lowest BCUT2D eigenvalue weighted by Crippen LogP contribution is -1.96. The lowest BCUT2D eigenvalue weighted by molar-refractivity contribution is 0.867. The van der Waals surface area contributed by atoms with Gasteiger partial charge in [-0.05, 0) is 11.5 Å². The molecule has 0 radical (unpaired) electrons. The zero-order valence-corrected chi connectivity index (χ0v) is 10.8. The molecule has 0 fully saturated rings. The molecule has 0 aliphatic rings. The Morgan fingerprint density at radius 1 is 1.29 bits per heavy atom. The first-order valence-electron chi connectivity index (χ1n) is 5.66. The van der Waals surface area contributed by atoms with Crippen LogP contribution in [0.2, 0.25) is 5.15 Å². The van der Waals surface area contributed by atoms with Gasteiger partial charge in [-0.25, -0.2) is 4.98 Å². The minimum atomic E-state index is 0.371. The molecule has 1 aromatic heterocycles. The number of imidazole rings is 1. The van der Waals surface area contributed by atoms with Crippen LogP contribution in [0, 0.1) is 0 Å². The zero-order chi connectivity index (χ0) is 12.4. The van der Waals surface area contributed by atoms with Crippen molar-refractivity contribution in [2.24, 2.45) is 5.73 Å². The Hall–Kier alpha value is -1.32. The zero-order valence-electron chi connectivity index (χ0n) is 10.00. The monoisotopic (exact) mass is 249 g/mol. The van der Waals surface area contributed by atoms with E-state index < -0.39 is 0 Å². The van der Waals surface area contributed by atoms with Crippen LogP contribution in [-0.4, -0.2) is 9.97 Å². The van der Waals surface area contributed by atoms with Crippen LogP contribution in [0.25, 0.3) is 11.4 Å². The third kappa shape index (κ3) is 2.51. The lowest BCUT2D eigenvalue weighted by atomic mass is 10.0. The first-order chi connectivity index (χ1) is 8.11. The summed E-state index contributed by atoms with van der Waals surface area (Å²) in [4.78, 5) is 7.38. The molecule has 0 aliphatic carbocycles. The van der Waals surface area contributed by atoms with Crippen LogP contribution in [0.3, 0.4) is 0 Å². The van der Waals surface area contributed by atoms with E-state index in [1.54, 1.807) is 0 Å². The van der Waals surface area contributed by atoms with E-state index in [4.69, 9.17) is 17.3 Å². The third-order valence-electron chi connectivity index (χ3n) is 2.78. The predicted octanol–water partition coefficient (Wildman–Crippen LogP) is 3.31. The Labute approximate surface area is 106 Å². The fraction of sp³-hybridized carbons (Fsp3) is 0.308. The van der Waals surface area contributed by atoms with Crippen molar-refractivity contribution in [3.63, 3.8) is 0 Å². The largest absolute Gasteiger partial charge is 0.339 e. The number of nitrogens with two attached hydrogens (primary N) is 1. The molecule has 90 valence electrons. The molecule has 2 rings (SSSR count). The van der Waals surface area contributed by atoms with Gasteiger partial charge in [0.1, 0.15) is 5.82 Å². The van der Waals surface area contributed by atoms with Crippen LogP contribution < -0.4 is 5.73 Å². The molecular formula is C13H16ClN3. The minimum absolute atomic E-state index is 0.371. The maximum absolute atomic E-state index is 5.95. The van der Waals surface area contributed by atoms with Gasteiger partial charge in [-0.2, -0.15) is 0 Å². The summed E-state index contributed by atoms with van der Waals surface area (Å²) in [6.45, 7) is 4.71. The van der Waals surface area contributed by atoms with Crippen LogP contribution in [0.1, 0.15) is 31.0 Å². The number of benzene rings is 1. The van der Waals surface area contributed by atoms with E-state index in [0.29, 0.717) is 17.6 Å². The summed E-state index contributed by atoms with van der Waals surface area (Å²) in [5.41, 5.74) is 8.66. The second kappa shape index (κ2) is 4.90. The van der Waals surface area contributed by atoms with Crippen LogP contribution in [0.5, 0.6) is 0 Å². The van der Waals surface area contributed by atoms with E-state index in [2.05, 4.69) is 35.9 Å². The van der Waals surface area contributed by atoms with Gasteiger partial charge in [0.05, 0.1) is 5.69 Å². The highest BCUT2D eigenvalue weighted by atomic mass is 35.5. The number of hydrogen-bond donors (Lipinski definition) is 2. The maximum Gasteiger partial charge on any atom is 0.152 e. The van der Waals surface area contributed by atoms with Gasteiger partial charge in [0.15, 0.2) is 5.15 Å². The Bertz CT molecular complexity index is 500. The smallest absolute Gasteiger partial charge is 0.152 e. The van der Waals surface area contributed by atoms with Crippen molar-refractivity contribution in [2.45, 2.75) is 26.3 Å². The van der Waals surface area contributed by atoms with E-state index in [-0.39, 0.29) is 0 Å². The summed E-state index contributed by atoms with van der Waals surface area (Å²) in [5.74, 6) is 1.30. The first kappa shape index (κ1) is 12.1. The van der Waals surface area contributed by atoms with Gasteiger partial charge in [-0.15, -0.1) is 0 Å². The lowest BCUT2D eigenvalue weighted by Gasteiger charge is -2.05. The first-order valence-corrected chi connectivity index (χ1v) is 6.04. The molecule has 0 saturated carbocycles. The standard InChI is InChI=1S/C13H16ClN3/c1-8(2)9-3-5-10(6-4-9)13-16-11(7-15)12(14)17-13/h3-6,8H,7,15H2,1-2H3,(H,16,17). The molecule has 3 N–H and O–H groups in total. The number of aromatic amines is 1. The summed E-state index contributed by atoms with van der Waals surface area (Å²) < 4.78 is 0. The highest BCUT2D eigenvalue weighted by molar-refractivity contribution is 6.30. The number of aromatic nitrogens is 2. The summed E-state index contributed by atoms with van der Waals surface area (Å²) in [6.07, 6.45) is 0. The Balaban J connectivity index is 2.33. The van der Waals surface area contributed by atoms with Crippen LogP contribution in [0.15, 0.2) is 24.3 Å². The normalized spacial score (nSPS) is 11.1. The van der Waals surface area contributed by atoms with Gasteiger partial charge >= 0.3 is 0 Å².